The molecule has 1 aromatic carbocycles. The summed E-state index contributed by atoms with van der Waals surface area (Å²) in [4.78, 5) is 0. The van der Waals surface area contributed by atoms with E-state index < -0.39 is 0 Å². The highest BCUT2D eigenvalue weighted by Gasteiger charge is 2.42. The van der Waals surface area contributed by atoms with E-state index in [-0.39, 0.29) is 11.6 Å². The number of hydrogen-bond acceptors (Lipinski definition) is 5. The number of methoxy groups -OCH3 is 2. The first-order valence-corrected chi connectivity index (χ1v) is 6.90. The fourth-order valence-corrected chi connectivity index (χ4v) is 2.93. The minimum Gasteiger partial charge on any atom is -0.496 e. The minimum absolute atomic E-state index is 0.133. The van der Waals surface area contributed by atoms with Gasteiger partial charge >= 0.3 is 0 Å². The van der Waals surface area contributed by atoms with Crippen LogP contribution in [0.2, 0.25) is 0 Å². The molecule has 1 aliphatic rings. The van der Waals surface area contributed by atoms with Crippen molar-refractivity contribution in [3.05, 3.63) is 29.3 Å². The van der Waals surface area contributed by atoms with Crippen LogP contribution in [0.1, 0.15) is 30.0 Å². The van der Waals surface area contributed by atoms with Gasteiger partial charge in [0.05, 0.1) is 18.8 Å². The maximum atomic E-state index is 5.85. The number of ether oxygens (including phenoxy) is 3. The lowest BCUT2D eigenvalue weighted by molar-refractivity contribution is -0.112. The lowest BCUT2D eigenvalue weighted by atomic mass is 9.81. The third-order valence-electron chi connectivity index (χ3n) is 4.13. The SMILES string of the molecule is COc1ccc(C)cc1C(NN)C1(OC)CCOCC1. The molecule has 20 heavy (non-hydrogen) atoms. The number of hydrazine groups is 1. The highest BCUT2D eigenvalue weighted by Crippen LogP contribution is 2.40. The van der Waals surface area contributed by atoms with Gasteiger partial charge in [0, 0.05) is 38.7 Å². The van der Waals surface area contributed by atoms with Gasteiger partial charge in [0.2, 0.25) is 0 Å². The Morgan fingerprint density at radius 3 is 2.55 bits per heavy atom. The summed E-state index contributed by atoms with van der Waals surface area (Å²) >= 11 is 0. The highest BCUT2D eigenvalue weighted by molar-refractivity contribution is 5.40. The zero-order chi connectivity index (χ0) is 14.6. The van der Waals surface area contributed by atoms with Gasteiger partial charge in [0.1, 0.15) is 5.75 Å². The fourth-order valence-electron chi connectivity index (χ4n) is 2.93. The smallest absolute Gasteiger partial charge is 0.123 e. The Labute approximate surface area is 120 Å². The number of aryl methyl sites for hydroxylation is 1. The molecule has 5 nitrogen and oxygen atoms in total. The molecule has 2 rings (SSSR count). The van der Waals surface area contributed by atoms with Crippen LogP contribution in [0.4, 0.5) is 0 Å². The van der Waals surface area contributed by atoms with Crippen molar-refractivity contribution in [2.75, 3.05) is 27.4 Å². The second-order valence-corrected chi connectivity index (χ2v) is 5.23. The van der Waals surface area contributed by atoms with E-state index in [1.165, 1.54) is 5.56 Å². The highest BCUT2D eigenvalue weighted by atomic mass is 16.5. The molecule has 0 saturated carbocycles. The first-order chi connectivity index (χ1) is 9.66. The van der Waals surface area contributed by atoms with Gasteiger partial charge < -0.3 is 14.2 Å². The van der Waals surface area contributed by atoms with Gasteiger partial charge in [-0.2, -0.15) is 0 Å². The molecule has 0 radical (unpaired) electrons. The second kappa shape index (κ2) is 6.54. The number of rotatable bonds is 5. The maximum absolute atomic E-state index is 5.85. The molecule has 1 aromatic rings. The van der Waals surface area contributed by atoms with Crippen molar-refractivity contribution in [3.63, 3.8) is 0 Å². The molecule has 0 spiro atoms. The van der Waals surface area contributed by atoms with Crippen LogP contribution in [0.15, 0.2) is 18.2 Å². The fraction of sp³-hybridized carbons (Fsp3) is 0.600. The van der Waals surface area contributed by atoms with E-state index in [2.05, 4.69) is 18.4 Å². The van der Waals surface area contributed by atoms with E-state index >= 15 is 0 Å². The van der Waals surface area contributed by atoms with Crippen molar-refractivity contribution in [1.82, 2.24) is 5.43 Å². The van der Waals surface area contributed by atoms with E-state index in [9.17, 15) is 0 Å². The molecule has 5 heteroatoms. The molecule has 1 aliphatic heterocycles. The summed E-state index contributed by atoms with van der Waals surface area (Å²) in [5.74, 6) is 6.66. The Kier molecular flexibility index (Phi) is 4.99. The van der Waals surface area contributed by atoms with Crippen molar-refractivity contribution >= 4 is 0 Å². The van der Waals surface area contributed by atoms with Crippen LogP contribution in [-0.4, -0.2) is 33.0 Å². The normalized spacial score (nSPS) is 19.6. The lowest BCUT2D eigenvalue weighted by Gasteiger charge is -2.42. The summed E-state index contributed by atoms with van der Waals surface area (Å²) in [6, 6.07) is 5.96. The molecule has 1 atom stereocenters. The summed E-state index contributed by atoms with van der Waals surface area (Å²) < 4.78 is 16.8. The number of nitrogens with two attached hydrogens (primary N) is 1. The standard InChI is InChI=1S/C15H24N2O3/c1-11-4-5-13(18-2)12(10-11)14(17-16)15(19-3)6-8-20-9-7-15/h4-5,10,14,17H,6-9,16H2,1-3H3. The summed E-state index contributed by atoms with van der Waals surface area (Å²) in [6.07, 6.45) is 1.60. The van der Waals surface area contributed by atoms with Crippen LogP contribution < -0.4 is 16.0 Å². The largest absolute Gasteiger partial charge is 0.496 e. The Morgan fingerprint density at radius 2 is 2.00 bits per heavy atom. The van der Waals surface area contributed by atoms with Gasteiger partial charge in [-0.1, -0.05) is 17.7 Å². The van der Waals surface area contributed by atoms with Crippen molar-refractivity contribution in [1.29, 1.82) is 0 Å². The predicted molar refractivity (Wildman–Crippen MR) is 77.6 cm³/mol. The minimum atomic E-state index is -0.367. The Morgan fingerprint density at radius 1 is 1.30 bits per heavy atom. The van der Waals surface area contributed by atoms with E-state index in [0.717, 1.165) is 24.2 Å². The molecule has 0 bridgehead atoms. The third-order valence-corrected chi connectivity index (χ3v) is 4.13. The van der Waals surface area contributed by atoms with Gasteiger partial charge in [0.15, 0.2) is 0 Å². The Bertz CT molecular complexity index is 445. The van der Waals surface area contributed by atoms with Crippen LogP contribution in [0, 0.1) is 6.92 Å². The van der Waals surface area contributed by atoms with Crippen LogP contribution >= 0.6 is 0 Å². The zero-order valence-electron chi connectivity index (χ0n) is 12.4. The third kappa shape index (κ3) is 2.81. The zero-order valence-corrected chi connectivity index (χ0v) is 12.4. The van der Waals surface area contributed by atoms with Crippen molar-refractivity contribution in [3.8, 4) is 5.75 Å². The first kappa shape index (κ1) is 15.3. The molecule has 3 N–H and O–H groups in total. The molecule has 0 amide bonds. The molecule has 1 fully saturated rings. The molecular formula is C15H24N2O3. The summed E-state index contributed by atoms with van der Waals surface area (Å²) in [5, 5.41) is 0. The van der Waals surface area contributed by atoms with E-state index in [0.29, 0.717) is 13.2 Å². The molecule has 1 unspecified atom stereocenters. The van der Waals surface area contributed by atoms with Gasteiger partial charge in [0.25, 0.3) is 0 Å². The van der Waals surface area contributed by atoms with Crippen molar-refractivity contribution in [2.45, 2.75) is 31.4 Å². The quantitative estimate of drug-likeness (QED) is 0.635. The Balaban J connectivity index is 2.42. The van der Waals surface area contributed by atoms with Gasteiger partial charge in [-0.05, 0) is 13.0 Å². The van der Waals surface area contributed by atoms with Gasteiger partial charge in [-0.25, -0.2) is 5.43 Å². The molecule has 0 aromatic heterocycles. The summed E-state index contributed by atoms with van der Waals surface area (Å²) in [6.45, 7) is 3.42. The molecule has 0 aliphatic carbocycles. The van der Waals surface area contributed by atoms with Crippen LogP contribution in [-0.2, 0) is 9.47 Å². The first-order valence-electron chi connectivity index (χ1n) is 6.90. The lowest BCUT2D eigenvalue weighted by Crippen LogP contribution is -2.51. The maximum Gasteiger partial charge on any atom is 0.123 e. The number of nitrogens with one attached hydrogen (secondary N) is 1. The van der Waals surface area contributed by atoms with Crippen molar-refractivity contribution < 1.29 is 14.2 Å². The van der Waals surface area contributed by atoms with Crippen LogP contribution in [0.3, 0.4) is 0 Å². The summed E-state index contributed by atoms with van der Waals surface area (Å²) in [5.41, 5.74) is 4.75. The second-order valence-electron chi connectivity index (χ2n) is 5.23. The monoisotopic (exact) mass is 280 g/mol. The molecular weight excluding hydrogens is 256 g/mol. The Hall–Kier alpha value is -1.14. The van der Waals surface area contributed by atoms with Crippen LogP contribution in [0.5, 0.6) is 5.75 Å². The average molecular weight is 280 g/mol. The predicted octanol–water partition coefficient (Wildman–Crippen LogP) is 1.70. The molecule has 1 heterocycles. The van der Waals surface area contributed by atoms with Gasteiger partial charge in [-0.15, -0.1) is 0 Å². The summed E-state index contributed by atoms with van der Waals surface area (Å²) in [7, 11) is 3.41. The van der Waals surface area contributed by atoms with E-state index in [4.69, 9.17) is 20.1 Å². The number of benzene rings is 1. The van der Waals surface area contributed by atoms with Crippen LogP contribution in [0.25, 0.3) is 0 Å². The average Bonchev–Trinajstić information content (AvgIpc) is 2.49. The van der Waals surface area contributed by atoms with Crippen molar-refractivity contribution in [2.24, 2.45) is 5.84 Å². The number of hydrogen-bond donors (Lipinski definition) is 2. The topological polar surface area (TPSA) is 65.7 Å². The molecule has 1 saturated heterocycles. The van der Waals surface area contributed by atoms with Gasteiger partial charge in [-0.3, -0.25) is 5.84 Å². The van der Waals surface area contributed by atoms with E-state index in [1.54, 1.807) is 14.2 Å². The van der Waals surface area contributed by atoms with E-state index in [1.807, 2.05) is 12.1 Å². The molecule has 112 valence electrons.